The number of furan rings is 1. The van der Waals surface area contributed by atoms with Crippen LogP contribution in [0.1, 0.15) is 37.6 Å². The van der Waals surface area contributed by atoms with Crippen LogP contribution in [0.5, 0.6) is 0 Å². The van der Waals surface area contributed by atoms with E-state index in [1.807, 2.05) is 38.1 Å². The number of nitrogens with zero attached hydrogens (tertiary/aromatic N) is 3. The largest absolute Gasteiger partial charge is 0.462 e. The topological polar surface area (TPSA) is 82.2 Å². The quantitative estimate of drug-likeness (QED) is 0.362. The number of aromatic nitrogens is 3. The zero-order valence-corrected chi connectivity index (χ0v) is 19.0. The highest BCUT2D eigenvalue weighted by atomic mass is 79.9. The van der Waals surface area contributed by atoms with E-state index < -0.39 is 6.04 Å². The Hall–Kier alpha value is -2.52. The molecule has 0 radical (unpaired) electrons. The van der Waals surface area contributed by atoms with E-state index in [-0.39, 0.29) is 5.97 Å². The number of nitrogens with one attached hydrogen (secondary N) is 1. The summed E-state index contributed by atoms with van der Waals surface area (Å²) in [5, 5.41) is 8.48. The Morgan fingerprint density at radius 1 is 1.30 bits per heavy atom. The van der Waals surface area contributed by atoms with Gasteiger partial charge in [-0.15, -0.1) is 5.10 Å². The van der Waals surface area contributed by atoms with Crippen LogP contribution in [-0.2, 0) is 15.3 Å². The molecule has 0 aliphatic carbocycles. The minimum absolute atomic E-state index is 0.354. The van der Waals surface area contributed by atoms with Gasteiger partial charge in [0.2, 0.25) is 11.1 Å². The van der Waals surface area contributed by atoms with Crippen molar-refractivity contribution in [3.05, 3.63) is 69.7 Å². The molecule has 0 fully saturated rings. The molecule has 0 saturated carbocycles. The molecule has 1 aromatic carbocycles. The second kappa shape index (κ2) is 9.09. The summed E-state index contributed by atoms with van der Waals surface area (Å²) in [6, 6.07) is 13.2. The SMILES string of the molecule is CCCOC(=O)C1=C(C)Nc2nc(SCc3ccccc3)nn2C1c1ccc(Br)o1. The number of halogens is 1. The van der Waals surface area contributed by atoms with Crippen LogP contribution in [0.3, 0.4) is 0 Å². The molecule has 1 N–H and O–H groups in total. The molecule has 4 rings (SSSR count). The predicted octanol–water partition coefficient (Wildman–Crippen LogP) is 5.17. The highest BCUT2D eigenvalue weighted by molar-refractivity contribution is 9.10. The van der Waals surface area contributed by atoms with E-state index in [9.17, 15) is 4.79 Å². The van der Waals surface area contributed by atoms with Gasteiger partial charge < -0.3 is 14.5 Å². The number of hydrogen-bond acceptors (Lipinski definition) is 7. The van der Waals surface area contributed by atoms with Gasteiger partial charge in [-0.2, -0.15) is 4.98 Å². The number of rotatable bonds is 7. The molecule has 9 heteroatoms. The van der Waals surface area contributed by atoms with E-state index in [0.717, 1.165) is 12.2 Å². The van der Waals surface area contributed by atoms with Crippen LogP contribution < -0.4 is 5.32 Å². The van der Waals surface area contributed by atoms with Crippen LogP contribution in [0.25, 0.3) is 0 Å². The van der Waals surface area contributed by atoms with Crippen molar-refractivity contribution in [2.75, 3.05) is 11.9 Å². The van der Waals surface area contributed by atoms with Gasteiger partial charge in [-0.3, -0.25) is 0 Å². The van der Waals surface area contributed by atoms with Gasteiger partial charge in [-0.05, 0) is 47.0 Å². The number of fused-ring (bicyclic) bond motifs is 1. The molecule has 7 nitrogen and oxygen atoms in total. The second-order valence-electron chi connectivity index (χ2n) is 6.78. The summed E-state index contributed by atoms with van der Waals surface area (Å²) in [6.07, 6.45) is 0.747. The molecule has 0 bridgehead atoms. The normalized spacial score (nSPS) is 15.6. The lowest BCUT2D eigenvalue weighted by Gasteiger charge is -2.26. The highest BCUT2D eigenvalue weighted by Crippen LogP contribution is 2.38. The maximum absolute atomic E-state index is 12.8. The first-order valence-corrected chi connectivity index (χ1v) is 11.4. The van der Waals surface area contributed by atoms with Crippen molar-refractivity contribution in [3.63, 3.8) is 0 Å². The van der Waals surface area contributed by atoms with Gasteiger partial charge in [0.15, 0.2) is 4.67 Å². The summed E-state index contributed by atoms with van der Waals surface area (Å²) in [5.41, 5.74) is 2.32. The average Bonchev–Trinajstić information content (AvgIpc) is 3.35. The fraction of sp³-hybridized carbons (Fsp3) is 0.286. The molecule has 0 amide bonds. The molecule has 3 aromatic rings. The molecule has 3 heterocycles. The van der Waals surface area contributed by atoms with Gasteiger partial charge in [0, 0.05) is 11.4 Å². The van der Waals surface area contributed by atoms with Crippen LogP contribution in [0.15, 0.2) is 68.0 Å². The number of hydrogen-bond donors (Lipinski definition) is 1. The number of thioether (sulfide) groups is 1. The Morgan fingerprint density at radius 3 is 2.80 bits per heavy atom. The Labute approximate surface area is 187 Å². The zero-order chi connectivity index (χ0) is 21.1. The van der Waals surface area contributed by atoms with Crippen LogP contribution in [0.2, 0.25) is 0 Å². The van der Waals surface area contributed by atoms with Gasteiger partial charge in [0.05, 0.1) is 12.2 Å². The number of carbonyl (C=O) groups is 1. The average molecular weight is 489 g/mol. The Kier molecular flexibility index (Phi) is 6.29. The van der Waals surface area contributed by atoms with E-state index in [1.165, 1.54) is 17.3 Å². The minimum atomic E-state index is -0.560. The highest BCUT2D eigenvalue weighted by Gasteiger charge is 2.37. The molecular weight excluding hydrogens is 468 g/mol. The lowest BCUT2D eigenvalue weighted by Crippen LogP contribution is -2.29. The Morgan fingerprint density at radius 2 is 2.10 bits per heavy atom. The molecular formula is C21H21BrN4O3S. The van der Waals surface area contributed by atoms with Crippen LogP contribution >= 0.6 is 27.7 Å². The summed E-state index contributed by atoms with van der Waals surface area (Å²) >= 11 is 4.88. The molecule has 0 spiro atoms. The first kappa shape index (κ1) is 20.7. The first-order valence-electron chi connectivity index (χ1n) is 9.60. The van der Waals surface area contributed by atoms with E-state index in [1.54, 1.807) is 10.7 Å². The lowest BCUT2D eigenvalue weighted by atomic mass is 10.0. The molecule has 30 heavy (non-hydrogen) atoms. The molecule has 1 atom stereocenters. The van der Waals surface area contributed by atoms with E-state index in [4.69, 9.17) is 9.15 Å². The molecule has 2 aromatic heterocycles. The summed E-state index contributed by atoms with van der Waals surface area (Å²) in [4.78, 5) is 17.5. The van der Waals surface area contributed by atoms with Crippen molar-refractivity contribution < 1.29 is 13.9 Å². The summed E-state index contributed by atoms with van der Waals surface area (Å²) in [6.45, 7) is 4.15. The molecule has 1 unspecified atom stereocenters. The molecule has 1 aliphatic heterocycles. The molecule has 1 aliphatic rings. The number of anilines is 1. The van der Waals surface area contributed by atoms with E-state index >= 15 is 0 Å². The number of esters is 1. The van der Waals surface area contributed by atoms with Crippen molar-refractivity contribution in [1.82, 2.24) is 14.8 Å². The standard InChI is InChI=1S/C21H21BrN4O3S/c1-3-11-28-19(27)17-13(2)23-20-24-21(30-12-14-7-5-4-6-8-14)25-26(20)18(17)15-9-10-16(22)29-15/h4-10,18H,3,11-12H2,1-2H3,(H,23,24,25). The predicted molar refractivity (Wildman–Crippen MR) is 118 cm³/mol. The van der Waals surface area contributed by atoms with Gasteiger partial charge in [-0.25, -0.2) is 9.48 Å². The van der Waals surface area contributed by atoms with Gasteiger partial charge in [-0.1, -0.05) is 49.0 Å². The van der Waals surface area contributed by atoms with Crippen molar-refractivity contribution in [3.8, 4) is 0 Å². The third kappa shape index (κ3) is 4.32. The van der Waals surface area contributed by atoms with E-state index in [2.05, 4.69) is 43.5 Å². The fourth-order valence-electron chi connectivity index (χ4n) is 3.19. The van der Waals surface area contributed by atoms with Crippen molar-refractivity contribution in [2.45, 2.75) is 37.2 Å². The Balaban J connectivity index is 1.66. The smallest absolute Gasteiger partial charge is 0.338 e. The second-order valence-corrected chi connectivity index (χ2v) is 8.50. The van der Waals surface area contributed by atoms with Gasteiger partial charge in [0.25, 0.3) is 0 Å². The minimum Gasteiger partial charge on any atom is -0.462 e. The molecule has 156 valence electrons. The number of ether oxygens (including phenoxy) is 1. The maximum Gasteiger partial charge on any atom is 0.338 e. The van der Waals surface area contributed by atoms with Gasteiger partial charge >= 0.3 is 5.97 Å². The van der Waals surface area contributed by atoms with Gasteiger partial charge in [0.1, 0.15) is 11.8 Å². The first-order chi connectivity index (χ1) is 14.6. The molecule has 0 saturated heterocycles. The number of allylic oxidation sites excluding steroid dienone is 1. The van der Waals surface area contributed by atoms with Crippen molar-refractivity contribution in [1.29, 1.82) is 0 Å². The Bertz CT molecular complexity index is 1080. The van der Waals surface area contributed by atoms with Crippen molar-refractivity contribution in [2.24, 2.45) is 0 Å². The fourth-order valence-corrected chi connectivity index (χ4v) is 4.29. The lowest BCUT2D eigenvalue weighted by molar-refractivity contribution is -0.139. The third-order valence-corrected chi connectivity index (χ3v) is 5.90. The monoisotopic (exact) mass is 488 g/mol. The van der Waals surface area contributed by atoms with Crippen LogP contribution in [-0.4, -0.2) is 27.3 Å². The maximum atomic E-state index is 12.8. The summed E-state index contributed by atoms with van der Waals surface area (Å²) < 4.78 is 13.5. The third-order valence-electron chi connectivity index (χ3n) is 4.56. The number of benzene rings is 1. The van der Waals surface area contributed by atoms with Crippen LogP contribution in [0, 0.1) is 0 Å². The summed E-state index contributed by atoms with van der Waals surface area (Å²) in [7, 11) is 0. The summed E-state index contributed by atoms with van der Waals surface area (Å²) in [5.74, 6) is 1.50. The van der Waals surface area contributed by atoms with Crippen LogP contribution in [0.4, 0.5) is 5.95 Å². The van der Waals surface area contributed by atoms with Crippen molar-refractivity contribution >= 4 is 39.6 Å². The number of carbonyl (C=O) groups excluding carboxylic acids is 1. The zero-order valence-electron chi connectivity index (χ0n) is 16.6. The van der Waals surface area contributed by atoms with E-state index in [0.29, 0.717) is 39.4 Å².